The third-order valence-corrected chi connectivity index (χ3v) is 2.42. The van der Waals surface area contributed by atoms with E-state index in [4.69, 9.17) is 0 Å². The van der Waals surface area contributed by atoms with Gasteiger partial charge in [0.05, 0.1) is 0 Å². The second-order valence-corrected chi connectivity index (χ2v) is 4.05. The summed E-state index contributed by atoms with van der Waals surface area (Å²) < 4.78 is 0. The monoisotopic (exact) mass is 291 g/mol. The van der Waals surface area contributed by atoms with Gasteiger partial charge < -0.3 is 16.0 Å². The predicted octanol–water partition coefficient (Wildman–Crippen LogP) is -0.297. The SMILES string of the molecule is CNC(=O)c1cc(NC(=O)c2cc(NC(C)=O)n[nH]2)n[nH]1. The van der Waals surface area contributed by atoms with Crippen LogP contribution in [-0.4, -0.2) is 45.2 Å². The second kappa shape index (κ2) is 5.86. The lowest BCUT2D eigenvalue weighted by Crippen LogP contribution is -2.18. The average molecular weight is 291 g/mol. The number of nitrogens with one attached hydrogen (secondary N) is 5. The molecule has 3 amide bonds. The molecule has 10 heteroatoms. The van der Waals surface area contributed by atoms with E-state index in [0.29, 0.717) is 0 Å². The highest BCUT2D eigenvalue weighted by Gasteiger charge is 2.14. The first kappa shape index (κ1) is 14.2. The fourth-order valence-corrected chi connectivity index (χ4v) is 1.50. The van der Waals surface area contributed by atoms with Crippen LogP contribution in [0.3, 0.4) is 0 Å². The molecule has 21 heavy (non-hydrogen) atoms. The van der Waals surface area contributed by atoms with E-state index >= 15 is 0 Å². The summed E-state index contributed by atoms with van der Waals surface area (Å²) >= 11 is 0. The van der Waals surface area contributed by atoms with Gasteiger partial charge in [0, 0.05) is 26.1 Å². The molecular weight excluding hydrogens is 278 g/mol. The van der Waals surface area contributed by atoms with Crippen molar-refractivity contribution in [2.45, 2.75) is 6.92 Å². The Balaban J connectivity index is 2.04. The molecule has 0 aromatic carbocycles. The molecule has 0 radical (unpaired) electrons. The van der Waals surface area contributed by atoms with Crippen molar-refractivity contribution in [2.24, 2.45) is 0 Å². The fraction of sp³-hybridized carbons (Fsp3) is 0.182. The van der Waals surface area contributed by atoms with E-state index in [1.807, 2.05) is 0 Å². The highest BCUT2D eigenvalue weighted by atomic mass is 16.2. The quantitative estimate of drug-likeness (QED) is 0.525. The molecule has 0 aliphatic carbocycles. The normalized spacial score (nSPS) is 10.0. The Kier molecular flexibility index (Phi) is 3.97. The molecule has 0 fully saturated rings. The molecular formula is C11H13N7O3. The van der Waals surface area contributed by atoms with E-state index in [2.05, 4.69) is 36.3 Å². The van der Waals surface area contributed by atoms with E-state index in [1.165, 1.54) is 26.1 Å². The first-order valence-corrected chi connectivity index (χ1v) is 5.91. The van der Waals surface area contributed by atoms with Gasteiger partial charge in [-0.25, -0.2) is 0 Å². The van der Waals surface area contributed by atoms with Crippen LogP contribution in [0, 0.1) is 0 Å². The summed E-state index contributed by atoms with van der Waals surface area (Å²) in [4.78, 5) is 34.1. The first-order valence-electron chi connectivity index (χ1n) is 5.91. The van der Waals surface area contributed by atoms with Gasteiger partial charge in [-0.15, -0.1) is 0 Å². The smallest absolute Gasteiger partial charge is 0.274 e. The predicted molar refractivity (Wildman–Crippen MR) is 72.8 cm³/mol. The summed E-state index contributed by atoms with van der Waals surface area (Å²) in [5.74, 6) is -0.725. The molecule has 2 aromatic heterocycles. The molecule has 0 saturated heterocycles. The molecule has 0 saturated carbocycles. The number of anilines is 2. The topological polar surface area (TPSA) is 145 Å². The van der Waals surface area contributed by atoms with E-state index in [1.54, 1.807) is 0 Å². The Morgan fingerprint density at radius 3 is 2.00 bits per heavy atom. The molecule has 2 heterocycles. The van der Waals surface area contributed by atoms with Crippen molar-refractivity contribution in [3.05, 3.63) is 23.5 Å². The van der Waals surface area contributed by atoms with Crippen LogP contribution in [0.25, 0.3) is 0 Å². The van der Waals surface area contributed by atoms with Crippen LogP contribution in [-0.2, 0) is 4.79 Å². The molecule has 5 N–H and O–H groups in total. The van der Waals surface area contributed by atoms with Crippen molar-refractivity contribution < 1.29 is 14.4 Å². The number of amides is 3. The van der Waals surface area contributed by atoms with Crippen LogP contribution in [0.15, 0.2) is 12.1 Å². The standard InChI is InChI=1S/C11H13N7O3/c1-5(19)13-8-4-7(16-17-8)11(21)14-9-3-6(15-18-9)10(20)12-2/h3-4H,1-2H3,(H,12,20)(H2,13,16,17,19)(H2,14,15,18,21). The van der Waals surface area contributed by atoms with E-state index < -0.39 is 5.91 Å². The molecule has 10 nitrogen and oxygen atoms in total. The van der Waals surface area contributed by atoms with Gasteiger partial charge in [-0.2, -0.15) is 10.2 Å². The van der Waals surface area contributed by atoms with E-state index in [0.717, 1.165) is 0 Å². The minimum Gasteiger partial charge on any atom is -0.354 e. The van der Waals surface area contributed by atoms with Gasteiger partial charge in [-0.1, -0.05) is 0 Å². The Labute approximate surface area is 118 Å². The number of carbonyl (C=O) groups is 3. The number of nitrogens with zero attached hydrogens (tertiary/aromatic N) is 2. The van der Waals surface area contributed by atoms with Crippen LogP contribution in [0.2, 0.25) is 0 Å². The molecule has 110 valence electrons. The zero-order valence-corrected chi connectivity index (χ0v) is 11.3. The third-order valence-electron chi connectivity index (χ3n) is 2.42. The molecule has 0 aliphatic heterocycles. The first-order chi connectivity index (χ1) is 9.99. The summed E-state index contributed by atoms with van der Waals surface area (Å²) in [5.41, 5.74) is 0.361. The van der Waals surface area contributed by atoms with Crippen molar-refractivity contribution in [3.8, 4) is 0 Å². The van der Waals surface area contributed by atoms with Crippen molar-refractivity contribution >= 4 is 29.4 Å². The summed E-state index contributed by atoms with van der Waals surface area (Å²) in [7, 11) is 1.48. The van der Waals surface area contributed by atoms with Crippen LogP contribution in [0.1, 0.15) is 27.9 Å². The fourth-order valence-electron chi connectivity index (χ4n) is 1.50. The van der Waals surface area contributed by atoms with Gasteiger partial charge in [-0.3, -0.25) is 24.6 Å². The Morgan fingerprint density at radius 2 is 1.48 bits per heavy atom. The van der Waals surface area contributed by atoms with Gasteiger partial charge in [0.15, 0.2) is 11.6 Å². The zero-order valence-electron chi connectivity index (χ0n) is 11.3. The Bertz CT molecular complexity index is 688. The number of H-pyrrole nitrogens is 2. The van der Waals surface area contributed by atoms with Crippen molar-refractivity contribution in [2.75, 3.05) is 17.7 Å². The molecule has 0 unspecified atom stereocenters. The minimum atomic E-state index is -0.506. The molecule has 0 bridgehead atoms. The number of hydrogen-bond acceptors (Lipinski definition) is 5. The molecule has 0 atom stereocenters. The maximum absolute atomic E-state index is 11.9. The lowest BCUT2D eigenvalue weighted by Gasteiger charge is -1.97. The summed E-state index contributed by atoms with van der Waals surface area (Å²) in [6.07, 6.45) is 0. The van der Waals surface area contributed by atoms with Gasteiger partial charge in [0.1, 0.15) is 11.4 Å². The lowest BCUT2D eigenvalue weighted by atomic mass is 10.3. The highest BCUT2D eigenvalue weighted by Crippen LogP contribution is 2.09. The zero-order chi connectivity index (χ0) is 15.4. The van der Waals surface area contributed by atoms with Gasteiger partial charge in [0.2, 0.25) is 5.91 Å². The number of carbonyl (C=O) groups excluding carboxylic acids is 3. The van der Waals surface area contributed by atoms with Crippen LogP contribution in [0.5, 0.6) is 0 Å². The lowest BCUT2D eigenvalue weighted by molar-refractivity contribution is -0.114. The van der Waals surface area contributed by atoms with Gasteiger partial charge >= 0.3 is 0 Å². The van der Waals surface area contributed by atoms with Gasteiger partial charge in [0.25, 0.3) is 11.8 Å². The van der Waals surface area contributed by atoms with Gasteiger partial charge in [-0.05, 0) is 0 Å². The van der Waals surface area contributed by atoms with Crippen LogP contribution >= 0.6 is 0 Å². The largest absolute Gasteiger partial charge is 0.354 e. The third kappa shape index (κ3) is 3.43. The van der Waals surface area contributed by atoms with Crippen molar-refractivity contribution in [1.82, 2.24) is 25.7 Å². The van der Waals surface area contributed by atoms with Crippen molar-refractivity contribution in [3.63, 3.8) is 0 Å². The Morgan fingerprint density at radius 1 is 0.952 bits per heavy atom. The van der Waals surface area contributed by atoms with Crippen LogP contribution in [0.4, 0.5) is 11.6 Å². The molecule has 2 rings (SSSR count). The maximum atomic E-state index is 11.9. The van der Waals surface area contributed by atoms with Crippen molar-refractivity contribution in [1.29, 1.82) is 0 Å². The maximum Gasteiger partial charge on any atom is 0.274 e. The summed E-state index contributed by atoms with van der Waals surface area (Å²) in [5, 5.41) is 19.8. The summed E-state index contributed by atoms with van der Waals surface area (Å²) in [6.45, 7) is 1.33. The van der Waals surface area contributed by atoms with E-state index in [-0.39, 0.29) is 34.8 Å². The number of hydrogen-bond donors (Lipinski definition) is 5. The summed E-state index contributed by atoms with van der Waals surface area (Å²) in [6, 6.07) is 2.77. The molecule has 0 aliphatic rings. The Hall–Kier alpha value is -3.17. The number of aromatic nitrogens is 4. The highest BCUT2D eigenvalue weighted by molar-refractivity contribution is 6.04. The molecule has 0 spiro atoms. The van der Waals surface area contributed by atoms with Crippen LogP contribution < -0.4 is 16.0 Å². The average Bonchev–Trinajstić information content (AvgIpc) is 3.06. The molecule has 2 aromatic rings. The second-order valence-electron chi connectivity index (χ2n) is 4.05. The van der Waals surface area contributed by atoms with E-state index in [9.17, 15) is 14.4 Å². The minimum absolute atomic E-state index is 0.142. The number of rotatable bonds is 4. The number of aromatic amines is 2.